The van der Waals surface area contributed by atoms with E-state index in [1.165, 1.54) is 6.07 Å². The first-order valence-corrected chi connectivity index (χ1v) is 6.37. The number of rotatable bonds is 3. The van der Waals surface area contributed by atoms with E-state index in [1.807, 2.05) is 25.1 Å². The fourth-order valence-corrected chi connectivity index (χ4v) is 2.04. The van der Waals surface area contributed by atoms with Gasteiger partial charge in [-0.2, -0.15) is 0 Å². The van der Waals surface area contributed by atoms with Crippen LogP contribution >= 0.6 is 15.9 Å². The fourth-order valence-electron chi connectivity index (χ4n) is 1.68. The van der Waals surface area contributed by atoms with Crippen LogP contribution in [0.2, 0.25) is 0 Å². The van der Waals surface area contributed by atoms with Crippen molar-refractivity contribution < 1.29 is 10.2 Å². The van der Waals surface area contributed by atoms with Crippen molar-refractivity contribution >= 4 is 21.6 Å². The SMILES string of the molecule is Cc1c(Br)cccc1NCc1ccc(O)c(O)c1. The number of anilines is 1. The Hall–Kier alpha value is -1.68. The standard InChI is InChI=1S/C14H14BrNO2/c1-9-11(15)3-2-4-12(9)16-8-10-5-6-13(17)14(18)7-10/h2-7,16-18H,8H2,1H3. The predicted molar refractivity (Wildman–Crippen MR) is 76.0 cm³/mol. The molecule has 0 fully saturated rings. The maximum atomic E-state index is 9.41. The molecule has 4 heteroatoms. The summed E-state index contributed by atoms with van der Waals surface area (Å²) in [5.41, 5.74) is 3.09. The van der Waals surface area contributed by atoms with Crippen LogP contribution in [-0.4, -0.2) is 10.2 Å². The first-order chi connectivity index (χ1) is 8.58. The Kier molecular flexibility index (Phi) is 3.77. The number of halogens is 1. The third kappa shape index (κ3) is 2.76. The van der Waals surface area contributed by atoms with E-state index < -0.39 is 0 Å². The summed E-state index contributed by atoms with van der Waals surface area (Å²) in [4.78, 5) is 0. The molecular weight excluding hydrogens is 294 g/mol. The van der Waals surface area contributed by atoms with Gasteiger partial charge in [0.1, 0.15) is 0 Å². The number of phenolic OH excluding ortho intramolecular Hbond substituents is 2. The van der Waals surface area contributed by atoms with Crippen molar-refractivity contribution in [2.75, 3.05) is 5.32 Å². The average Bonchev–Trinajstić information content (AvgIpc) is 2.35. The monoisotopic (exact) mass is 307 g/mol. The Morgan fingerprint density at radius 1 is 1.11 bits per heavy atom. The summed E-state index contributed by atoms with van der Waals surface area (Å²) < 4.78 is 1.06. The average molecular weight is 308 g/mol. The van der Waals surface area contributed by atoms with Crippen molar-refractivity contribution in [3.05, 3.63) is 52.0 Å². The Morgan fingerprint density at radius 2 is 1.89 bits per heavy atom. The molecule has 0 heterocycles. The molecule has 0 aliphatic rings. The summed E-state index contributed by atoms with van der Waals surface area (Å²) in [5, 5.41) is 21.9. The third-order valence-corrected chi connectivity index (χ3v) is 3.65. The molecule has 0 spiro atoms. The second kappa shape index (κ2) is 5.31. The zero-order valence-electron chi connectivity index (χ0n) is 9.94. The molecule has 0 amide bonds. The number of hydrogen-bond donors (Lipinski definition) is 3. The lowest BCUT2D eigenvalue weighted by atomic mass is 10.1. The lowest BCUT2D eigenvalue weighted by Gasteiger charge is -2.11. The molecule has 0 saturated heterocycles. The highest BCUT2D eigenvalue weighted by Gasteiger charge is 2.03. The molecule has 3 N–H and O–H groups in total. The Labute approximate surface area is 114 Å². The molecule has 18 heavy (non-hydrogen) atoms. The van der Waals surface area contributed by atoms with Gasteiger partial charge in [0.25, 0.3) is 0 Å². The van der Waals surface area contributed by atoms with Crippen molar-refractivity contribution in [3.8, 4) is 11.5 Å². The van der Waals surface area contributed by atoms with Gasteiger partial charge in [0, 0.05) is 16.7 Å². The molecule has 0 aromatic heterocycles. The van der Waals surface area contributed by atoms with E-state index in [2.05, 4.69) is 21.2 Å². The van der Waals surface area contributed by atoms with Crippen molar-refractivity contribution in [3.63, 3.8) is 0 Å². The molecule has 2 rings (SSSR count). The quantitative estimate of drug-likeness (QED) is 0.756. The number of hydrogen-bond acceptors (Lipinski definition) is 3. The topological polar surface area (TPSA) is 52.5 Å². The smallest absolute Gasteiger partial charge is 0.157 e. The van der Waals surface area contributed by atoms with Crippen LogP contribution < -0.4 is 5.32 Å². The minimum absolute atomic E-state index is 0.0970. The van der Waals surface area contributed by atoms with E-state index in [-0.39, 0.29) is 11.5 Å². The summed E-state index contributed by atoms with van der Waals surface area (Å²) in [5.74, 6) is -0.197. The number of aromatic hydroxyl groups is 2. The first kappa shape index (κ1) is 12.8. The second-order valence-corrected chi connectivity index (χ2v) is 4.94. The van der Waals surface area contributed by atoms with E-state index in [1.54, 1.807) is 12.1 Å². The molecule has 0 unspecified atom stereocenters. The van der Waals surface area contributed by atoms with E-state index >= 15 is 0 Å². The van der Waals surface area contributed by atoms with Gasteiger partial charge in [0.05, 0.1) is 0 Å². The van der Waals surface area contributed by atoms with E-state index in [4.69, 9.17) is 0 Å². The van der Waals surface area contributed by atoms with Gasteiger partial charge in [0.2, 0.25) is 0 Å². The second-order valence-electron chi connectivity index (χ2n) is 4.09. The fraction of sp³-hybridized carbons (Fsp3) is 0.143. The zero-order chi connectivity index (χ0) is 13.1. The lowest BCUT2D eigenvalue weighted by Crippen LogP contribution is -2.01. The molecule has 2 aromatic carbocycles. The Balaban J connectivity index is 2.11. The van der Waals surface area contributed by atoms with Gasteiger partial charge < -0.3 is 15.5 Å². The highest BCUT2D eigenvalue weighted by Crippen LogP contribution is 2.27. The van der Waals surface area contributed by atoms with Gasteiger partial charge in [-0.3, -0.25) is 0 Å². The van der Waals surface area contributed by atoms with Gasteiger partial charge in [0.15, 0.2) is 11.5 Å². The summed E-state index contributed by atoms with van der Waals surface area (Å²) in [6, 6.07) is 10.8. The van der Waals surface area contributed by atoms with Crippen LogP contribution in [0, 0.1) is 6.92 Å². The van der Waals surface area contributed by atoms with Crippen molar-refractivity contribution in [2.45, 2.75) is 13.5 Å². The molecule has 0 atom stereocenters. The highest BCUT2D eigenvalue weighted by molar-refractivity contribution is 9.10. The lowest BCUT2D eigenvalue weighted by molar-refractivity contribution is 0.403. The van der Waals surface area contributed by atoms with Crippen LogP contribution in [0.25, 0.3) is 0 Å². The number of nitrogens with one attached hydrogen (secondary N) is 1. The first-order valence-electron chi connectivity index (χ1n) is 5.58. The molecule has 3 nitrogen and oxygen atoms in total. The van der Waals surface area contributed by atoms with Crippen LogP contribution in [0.4, 0.5) is 5.69 Å². The van der Waals surface area contributed by atoms with Crippen molar-refractivity contribution in [1.82, 2.24) is 0 Å². The molecule has 0 saturated carbocycles. The third-order valence-electron chi connectivity index (χ3n) is 2.79. The largest absolute Gasteiger partial charge is 0.504 e. The maximum Gasteiger partial charge on any atom is 0.157 e. The summed E-state index contributed by atoms with van der Waals surface area (Å²) >= 11 is 3.48. The molecule has 0 aliphatic carbocycles. The van der Waals surface area contributed by atoms with Gasteiger partial charge >= 0.3 is 0 Å². The van der Waals surface area contributed by atoms with Crippen LogP contribution in [-0.2, 0) is 6.54 Å². The van der Waals surface area contributed by atoms with E-state index in [0.29, 0.717) is 6.54 Å². The molecule has 0 aliphatic heterocycles. The number of benzene rings is 2. The van der Waals surface area contributed by atoms with Crippen LogP contribution in [0.3, 0.4) is 0 Å². The van der Waals surface area contributed by atoms with Crippen LogP contribution in [0.5, 0.6) is 11.5 Å². The van der Waals surface area contributed by atoms with E-state index in [0.717, 1.165) is 21.3 Å². The summed E-state index contributed by atoms with van der Waals surface area (Å²) in [7, 11) is 0. The number of phenols is 2. The van der Waals surface area contributed by atoms with Crippen LogP contribution in [0.1, 0.15) is 11.1 Å². The van der Waals surface area contributed by atoms with Gasteiger partial charge in [-0.1, -0.05) is 28.1 Å². The molecule has 94 valence electrons. The normalized spacial score (nSPS) is 10.3. The molecule has 0 bridgehead atoms. The van der Waals surface area contributed by atoms with Crippen LogP contribution in [0.15, 0.2) is 40.9 Å². The molecular formula is C14H14BrNO2. The Bertz CT molecular complexity index is 570. The minimum atomic E-state index is -0.0996. The van der Waals surface area contributed by atoms with Crippen molar-refractivity contribution in [2.24, 2.45) is 0 Å². The van der Waals surface area contributed by atoms with Gasteiger partial charge in [-0.15, -0.1) is 0 Å². The summed E-state index contributed by atoms with van der Waals surface area (Å²) in [6.45, 7) is 2.62. The van der Waals surface area contributed by atoms with Gasteiger partial charge in [-0.05, 0) is 42.3 Å². The minimum Gasteiger partial charge on any atom is -0.504 e. The zero-order valence-corrected chi connectivity index (χ0v) is 11.5. The molecule has 2 aromatic rings. The molecule has 0 radical (unpaired) electrons. The van der Waals surface area contributed by atoms with E-state index in [9.17, 15) is 10.2 Å². The highest BCUT2D eigenvalue weighted by atomic mass is 79.9. The predicted octanol–water partition coefficient (Wildman–Crippen LogP) is 3.78. The van der Waals surface area contributed by atoms with Gasteiger partial charge in [-0.25, -0.2) is 0 Å². The Morgan fingerprint density at radius 3 is 2.61 bits per heavy atom. The van der Waals surface area contributed by atoms with Crippen molar-refractivity contribution in [1.29, 1.82) is 0 Å². The summed E-state index contributed by atoms with van der Waals surface area (Å²) in [6.07, 6.45) is 0. The maximum absolute atomic E-state index is 9.41.